The fourth-order valence-corrected chi connectivity index (χ4v) is 4.11. The number of carbonyl (C=O) groups excluding carboxylic acids is 2. The second-order valence-electron chi connectivity index (χ2n) is 8.11. The third-order valence-electron chi connectivity index (χ3n) is 5.55. The van der Waals surface area contributed by atoms with Gasteiger partial charge in [0.2, 0.25) is 0 Å². The summed E-state index contributed by atoms with van der Waals surface area (Å²) in [6.07, 6.45) is 0.0324. The molecule has 0 aliphatic carbocycles. The SMILES string of the molecule is CCN(C1=C(c2ccc(OC(C)C)cc2)C(=O)N(c2ccccc2OC)C1=O)c1ccccc1. The van der Waals surface area contributed by atoms with E-state index in [1.807, 2.05) is 80.3 Å². The van der Waals surface area contributed by atoms with Crippen LogP contribution in [0.5, 0.6) is 11.5 Å². The number of benzene rings is 3. The largest absolute Gasteiger partial charge is 0.495 e. The van der Waals surface area contributed by atoms with E-state index in [1.165, 1.54) is 12.0 Å². The molecule has 0 radical (unpaired) electrons. The predicted octanol–water partition coefficient (Wildman–Crippen LogP) is 5.29. The van der Waals surface area contributed by atoms with Gasteiger partial charge in [-0.3, -0.25) is 9.59 Å². The first-order valence-corrected chi connectivity index (χ1v) is 11.3. The first kappa shape index (κ1) is 23.1. The van der Waals surface area contributed by atoms with Crippen molar-refractivity contribution in [3.05, 3.63) is 90.1 Å². The number of ether oxygens (including phenoxy) is 2. The number of amides is 2. The lowest BCUT2D eigenvalue weighted by Gasteiger charge is -2.25. The van der Waals surface area contributed by atoms with Crippen LogP contribution in [0.3, 0.4) is 0 Å². The van der Waals surface area contributed by atoms with Crippen molar-refractivity contribution in [1.29, 1.82) is 0 Å². The van der Waals surface area contributed by atoms with Crippen LogP contribution in [0.1, 0.15) is 26.3 Å². The van der Waals surface area contributed by atoms with Gasteiger partial charge in [0.05, 0.1) is 24.5 Å². The molecule has 174 valence electrons. The van der Waals surface area contributed by atoms with Crippen LogP contribution in [0.15, 0.2) is 84.6 Å². The highest BCUT2D eigenvalue weighted by molar-refractivity contribution is 6.46. The van der Waals surface area contributed by atoms with Crippen molar-refractivity contribution in [2.45, 2.75) is 26.9 Å². The van der Waals surface area contributed by atoms with E-state index in [0.29, 0.717) is 40.6 Å². The molecular formula is C28H28N2O4. The third kappa shape index (κ3) is 4.27. The Balaban J connectivity index is 1.87. The van der Waals surface area contributed by atoms with Crippen molar-refractivity contribution in [2.75, 3.05) is 23.5 Å². The summed E-state index contributed by atoms with van der Waals surface area (Å²) in [7, 11) is 1.52. The van der Waals surface area contributed by atoms with Crippen LogP contribution in [0, 0.1) is 0 Å². The minimum atomic E-state index is -0.392. The van der Waals surface area contributed by atoms with Crippen molar-refractivity contribution in [2.24, 2.45) is 0 Å². The van der Waals surface area contributed by atoms with Crippen LogP contribution in [-0.4, -0.2) is 31.6 Å². The second-order valence-corrected chi connectivity index (χ2v) is 8.11. The van der Waals surface area contributed by atoms with Gasteiger partial charge >= 0.3 is 0 Å². The Labute approximate surface area is 200 Å². The van der Waals surface area contributed by atoms with Crippen molar-refractivity contribution < 1.29 is 19.1 Å². The van der Waals surface area contributed by atoms with Crippen LogP contribution < -0.4 is 19.3 Å². The van der Waals surface area contributed by atoms with Gasteiger partial charge in [0.25, 0.3) is 11.8 Å². The summed E-state index contributed by atoms with van der Waals surface area (Å²) in [5.41, 5.74) is 2.58. The molecule has 6 nitrogen and oxygen atoms in total. The summed E-state index contributed by atoms with van der Waals surface area (Å²) in [4.78, 5) is 30.8. The summed E-state index contributed by atoms with van der Waals surface area (Å²) in [5.74, 6) is 0.372. The van der Waals surface area contributed by atoms with E-state index >= 15 is 0 Å². The van der Waals surface area contributed by atoms with Crippen molar-refractivity contribution in [1.82, 2.24) is 0 Å². The molecule has 0 saturated carbocycles. The van der Waals surface area contributed by atoms with Crippen molar-refractivity contribution in [3.8, 4) is 11.5 Å². The first-order valence-electron chi connectivity index (χ1n) is 11.3. The lowest BCUT2D eigenvalue weighted by Crippen LogP contribution is -2.35. The Kier molecular flexibility index (Phi) is 6.68. The van der Waals surface area contributed by atoms with Gasteiger partial charge in [0.15, 0.2) is 0 Å². The van der Waals surface area contributed by atoms with Crippen molar-refractivity contribution >= 4 is 28.8 Å². The van der Waals surface area contributed by atoms with E-state index in [-0.39, 0.29) is 6.10 Å². The van der Waals surface area contributed by atoms with E-state index in [9.17, 15) is 9.59 Å². The van der Waals surface area contributed by atoms with Gasteiger partial charge in [0.1, 0.15) is 17.2 Å². The number of methoxy groups -OCH3 is 1. The van der Waals surface area contributed by atoms with Gasteiger partial charge in [-0.05, 0) is 62.7 Å². The van der Waals surface area contributed by atoms with E-state index in [4.69, 9.17) is 9.47 Å². The number of likely N-dealkylation sites (N-methyl/N-ethyl adjacent to an activating group) is 1. The molecule has 1 aliphatic rings. The Morgan fingerprint density at radius 3 is 2.12 bits per heavy atom. The zero-order valence-electron chi connectivity index (χ0n) is 19.8. The van der Waals surface area contributed by atoms with Gasteiger partial charge in [0, 0.05) is 12.2 Å². The number of hydrogen-bond acceptors (Lipinski definition) is 5. The zero-order valence-corrected chi connectivity index (χ0v) is 19.8. The predicted molar refractivity (Wildman–Crippen MR) is 134 cm³/mol. The molecule has 34 heavy (non-hydrogen) atoms. The number of imide groups is 1. The van der Waals surface area contributed by atoms with Crippen LogP contribution >= 0.6 is 0 Å². The Hall–Kier alpha value is -4.06. The van der Waals surface area contributed by atoms with Crippen LogP contribution in [0.25, 0.3) is 5.57 Å². The molecular weight excluding hydrogens is 428 g/mol. The Morgan fingerprint density at radius 1 is 0.853 bits per heavy atom. The molecule has 0 unspecified atom stereocenters. The number of carbonyl (C=O) groups is 2. The van der Waals surface area contributed by atoms with Gasteiger partial charge in [-0.15, -0.1) is 0 Å². The van der Waals surface area contributed by atoms with Crippen LogP contribution in [0.2, 0.25) is 0 Å². The summed E-state index contributed by atoms with van der Waals surface area (Å²) in [6.45, 7) is 6.38. The summed E-state index contributed by atoms with van der Waals surface area (Å²) in [6, 6.07) is 23.9. The van der Waals surface area contributed by atoms with Gasteiger partial charge in [-0.25, -0.2) is 4.90 Å². The van der Waals surface area contributed by atoms with Gasteiger partial charge < -0.3 is 14.4 Å². The minimum absolute atomic E-state index is 0.0324. The maximum absolute atomic E-state index is 13.9. The molecule has 4 rings (SSSR count). The Bertz CT molecular complexity index is 1220. The lowest BCUT2D eigenvalue weighted by atomic mass is 10.0. The van der Waals surface area contributed by atoms with Crippen LogP contribution in [0.4, 0.5) is 11.4 Å². The molecule has 0 atom stereocenters. The smallest absolute Gasteiger partial charge is 0.282 e. The molecule has 0 saturated heterocycles. The molecule has 3 aromatic rings. The lowest BCUT2D eigenvalue weighted by molar-refractivity contribution is -0.120. The maximum atomic E-state index is 13.9. The fourth-order valence-electron chi connectivity index (χ4n) is 4.11. The summed E-state index contributed by atoms with van der Waals surface area (Å²) in [5, 5.41) is 0. The highest BCUT2D eigenvalue weighted by Crippen LogP contribution is 2.40. The average Bonchev–Trinajstić information content (AvgIpc) is 3.10. The normalized spacial score (nSPS) is 13.6. The average molecular weight is 457 g/mol. The minimum Gasteiger partial charge on any atom is -0.495 e. The number of rotatable bonds is 8. The highest BCUT2D eigenvalue weighted by atomic mass is 16.5. The van der Waals surface area contributed by atoms with E-state index in [2.05, 4.69) is 0 Å². The number of nitrogens with zero attached hydrogens (tertiary/aromatic N) is 2. The number of hydrogen-bond donors (Lipinski definition) is 0. The molecule has 0 aromatic heterocycles. The first-order chi connectivity index (χ1) is 16.5. The molecule has 0 N–H and O–H groups in total. The third-order valence-corrected chi connectivity index (χ3v) is 5.55. The van der Waals surface area contributed by atoms with Crippen LogP contribution in [-0.2, 0) is 9.59 Å². The van der Waals surface area contributed by atoms with Crippen molar-refractivity contribution in [3.63, 3.8) is 0 Å². The molecule has 1 heterocycles. The molecule has 0 bridgehead atoms. The van der Waals surface area contributed by atoms with E-state index in [0.717, 1.165) is 5.69 Å². The van der Waals surface area contributed by atoms with E-state index in [1.54, 1.807) is 24.3 Å². The standard InChI is InChI=1S/C28H28N2O4/c1-5-29(21-11-7-6-8-12-21)26-25(20-15-17-22(18-16-20)34-19(2)3)27(31)30(28(26)32)23-13-9-10-14-24(23)33-4/h6-19H,5H2,1-4H3. The molecule has 0 fully saturated rings. The maximum Gasteiger partial charge on any atom is 0.282 e. The van der Waals surface area contributed by atoms with Gasteiger partial charge in [-0.1, -0.05) is 42.5 Å². The molecule has 6 heteroatoms. The monoisotopic (exact) mass is 456 g/mol. The quantitative estimate of drug-likeness (QED) is 0.431. The summed E-state index contributed by atoms with van der Waals surface area (Å²) < 4.78 is 11.2. The molecule has 2 amide bonds. The summed E-state index contributed by atoms with van der Waals surface area (Å²) >= 11 is 0. The molecule has 0 spiro atoms. The van der Waals surface area contributed by atoms with Gasteiger partial charge in [-0.2, -0.15) is 0 Å². The van der Waals surface area contributed by atoms with E-state index < -0.39 is 11.8 Å². The topological polar surface area (TPSA) is 59.1 Å². The number of para-hydroxylation sites is 3. The fraction of sp³-hybridized carbons (Fsp3) is 0.214. The second kappa shape index (κ2) is 9.83. The molecule has 1 aliphatic heterocycles. The highest BCUT2D eigenvalue weighted by Gasteiger charge is 2.43. The zero-order chi connectivity index (χ0) is 24.2. The number of anilines is 2. The Morgan fingerprint density at radius 2 is 1.50 bits per heavy atom. The molecule has 3 aromatic carbocycles.